The van der Waals surface area contributed by atoms with Gasteiger partial charge in [-0.2, -0.15) is 0 Å². The number of rotatable bonds is 0. The van der Waals surface area contributed by atoms with E-state index in [0.29, 0.717) is 0 Å². The lowest BCUT2D eigenvalue weighted by Crippen LogP contribution is -2.72. The van der Waals surface area contributed by atoms with Crippen molar-refractivity contribution in [3.63, 3.8) is 0 Å². The fraction of sp³-hybridized carbons (Fsp3) is 1.00. The van der Waals surface area contributed by atoms with Gasteiger partial charge in [0.05, 0.1) is 0 Å². The molecule has 0 amide bonds. The summed E-state index contributed by atoms with van der Waals surface area (Å²) in [5.41, 5.74) is 0. The lowest BCUT2D eigenvalue weighted by Gasteiger charge is -2.41. The topological polar surface area (TPSA) is 0 Å². The molecule has 0 aromatic heterocycles. The molecule has 1 rings (SSSR count). The second-order valence-electron chi connectivity index (χ2n) is 5.00. The van der Waals surface area contributed by atoms with E-state index in [1.165, 1.54) is 0 Å². The molecule has 0 aromatic carbocycles. The van der Waals surface area contributed by atoms with Crippen LogP contribution in [0, 0.1) is 0 Å². The molecule has 0 saturated carbocycles. The molecule has 1 aliphatic heterocycles. The summed E-state index contributed by atoms with van der Waals surface area (Å²) in [4.78, 5) is 0. The lowest BCUT2D eigenvalue weighted by molar-refractivity contribution is 2.09. The summed E-state index contributed by atoms with van der Waals surface area (Å²) in [5, 5.41) is 0. The van der Waals surface area contributed by atoms with Crippen LogP contribution in [0.5, 0.6) is 0 Å². The minimum atomic E-state index is 0.169. The van der Waals surface area contributed by atoms with Gasteiger partial charge in [-0.1, -0.05) is 52.4 Å². The van der Waals surface area contributed by atoms with Crippen molar-refractivity contribution < 1.29 is 0 Å². The van der Waals surface area contributed by atoms with E-state index in [1.54, 1.807) is 0 Å². The zero-order chi connectivity index (χ0) is 12.6. The zero-order valence-electron chi connectivity index (χ0n) is 12.0. The maximum Gasteiger partial charge on any atom is 0.0184 e. The van der Waals surface area contributed by atoms with E-state index >= 15 is 0 Å². The average Bonchev–Trinajstić information content (AvgIpc) is 2.30. The molecule has 0 unspecified atom stereocenters. The Morgan fingerprint density at radius 3 is 0.375 bits per heavy atom. The summed E-state index contributed by atoms with van der Waals surface area (Å²) in [6, 6.07) is 0. The van der Waals surface area contributed by atoms with E-state index in [0.717, 1.165) is 0 Å². The van der Waals surface area contributed by atoms with Crippen molar-refractivity contribution in [2.75, 3.05) is 0 Å². The fourth-order valence-electron chi connectivity index (χ4n) is 2.25. The van der Waals surface area contributed by atoms with Gasteiger partial charge in [-0.05, 0) is 0 Å². The molecular weight excluding hydrogens is 321 g/mol. The van der Waals surface area contributed by atoms with Crippen molar-refractivity contribution in [2.24, 2.45) is 0 Å². The summed E-state index contributed by atoms with van der Waals surface area (Å²) >= 11 is 0. The van der Waals surface area contributed by atoms with E-state index in [9.17, 15) is 0 Å². The third-order valence-electron chi connectivity index (χ3n) is 4.50. The predicted octanol–water partition coefficient (Wildman–Crippen LogP) is 1.62. The molecule has 0 aromatic rings. The van der Waals surface area contributed by atoms with Gasteiger partial charge in [0.25, 0.3) is 0 Å². The second-order valence-corrected chi connectivity index (χ2v) is 63.0. The molecule has 1 heterocycles. The van der Waals surface area contributed by atoms with Crippen LogP contribution in [0.4, 0.5) is 0 Å². The smallest absolute Gasteiger partial charge is 0.0184 e. The van der Waals surface area contributed by atoms with E-state index < -0.39 is 0 Å². The van der Waals surface area contributed by atoms with Gasteiger partial charge in [0.15, 0.2) is 0 Å². The van der Waals surface area contributed by atoms with E-state index in [1.807, 2.05) is 0 Å². The molecule has 0 spiro atoms. The SMILES string of the molecule is C[Si]1[Si](C)[Si](C)[Si](C)[Si](C)[Si](C)[Si](C)[Si]1C. The van der Waals surface area contributed by atoms with Crippen LogP contribution in [-0.2, 0) is 0 Å². The maximum absolute atomic E-state index is 2.76. The largest absolute Gasteiger partial charge is 0.0759 e. The van der Waals surface area contributed by atoms with Crippen LogP contribution in [0.15, 0.2) is 0 Å². The van der Waals surface area contributed by atoms with Crippen molar-refractivity contribution in [1.82, 2.24) is 0 Å². The van der Waals surface area contributed by atoms with Crippen molar-refractivity contribution in [3.8, 4) is 0 Å². The van der Waals surface area contributed by atoms with Crippen molar-refractivity contribution in [2.45, 2.75) is 52.4 Å². The highest BCUT2D eigenvalue weighted by molar-refractivity contribution is 7.95. The third-order valence-corrected chi connectivity index (χ3v) is 112. The Labute approximate surface area is 114 Å². The Morgan fingerprint density at radius 2 is 0.312 bits per heavy atom. The van der Waals surface area contributed by atoms with Gasteiger partial charge < -0.3 is 0 Å². The summed E-state index contributed by atoms with van der Waals surface area (Å²) in [7, 11) is 1.35. The molecule has 1 saturated heterocycles. The van der Waals surface area contributed by atoms with Crippen LogP contribution >= 0.6 is 0 Å². The van der Waals surface area contributed by atoms with Crippen LogP contribution < -0.4 is 0 Å². The van der Waals surface area contributed by atoms with Gasteiger partial charge >= 0.3 is 0 Å². The first-order valence-electron chi connectivity index (χ1n) is 6.00. The predicted molar refractivity (Wildman–Crippen MR) is 92.9 cm³/mol. The first-order valence-corrected chi connectivity index (χ1v) is 30.0. The van der Waals surface area contributed by atoms with Crippen molar-refractivity contribution in [1.29, 1.82) is 0 Å². The molecular formula is C8H24Si8. The number of hydrogen-bond donors (Lipinski definition) is 0. The molecule has 88 valence electrons. The van der Waals surface area contributed by atoms with Gasteiger partial charge in [-0.25, -0.2) is 0 Å². The Kier molecular flexibility index (Phi) is 6.17. The molecule has 0 N–H and O–H groups in total. The highest BCUT2D eigenvalue weighted by Crippen LogP contribution is 2.15. The molecule has 8 radical (unpaired) electrons. The van der Waals surface area contributed by atoms with Gasteiger partial charge in [-0.3, -0.25) is 0 Å². The highest BCUT2D eigenvalue weighted by atomic mass is 30.1. The fourth-order valence-corrected chi connectivity index (χ4v) is 169. The van der Waals surface area contributed by atoms with Gasteiger partial charge in [0.2, 0.25) is 0 Å². The monoisotopic (exact) mass is 344 g/mol. The molecule has 0 aliphatic carbocycles. The summed E-state index contributed by atoms with van der Waals surface area (Å²) in [5.74, 6) is 0. The Hall–Kier alpha value is 1.74. The van der Waals surface area contributed by atoms with E-state index in [-0.39, 0.29) is 62.7 Å². The van der Waals surface area contributed by atoms with Gasteiger partial charge in [0, 0.05) is 62.7 Å². The van der Waals surface area contributed by atoms with Gasteiger partial charge in [0.1, 0.15) is 0 Å². The summed E-state index contributed by atoms with van der Waals surface area (Å²) < 4.78 is 0. The molecule has 0 nitrogen and oxygen atoms in total. The van der Waals surface area contributed by atoms with Crippen LogP contribution in [0.3, 0.4) is 0 Å². The van der Waals surface area contributed by atoms with Crippen LogP contribution in [-0.4, -0.2) is 62.7 Å². The average molecular weight is 345 g/mol. The third kappa shape index (κ3) is 3.00. The quantitative estimate of drug-likeness (QED) is 0.586. The van der Waals surface area contributed by atoms with Crippen molar-refractivity contribution in [3.05, 3.63) is 0 Å². The Balaban J connectivity index is 2.98. The Morgan fingerprint density at radius 1 is 0.250 bits per heavy atom. The molecule has 16 heavy (non-hydrogen) atoms. The molecule has 0 atom stereocenters. The summed E-state index contributed by atoms with van der Waals surface area (Å²) in [6.07, 6.45) is 0. The van der Waals surface area contributed by atoms with Crippen LogP contribution in [0.2, 0.25) is 52.4 Å². The van der Waals surface area contributed by atoms with E-state index in [2.05, 4.69) is 52.4 Å². The molecule has 8 heteroatoms. The first kappa shape index (κ1) is 15.8. The molecule has 1 fully saturated rings. The van der Waals surface area contributed by atoms with E-state index in [4.69, 9.17) is 0 Å². The Bertz CT molecular complexity index is 148. The van der Waals surface area contributed by atoms with Crippen molar-refractivity contribution >= 4 is 62.7 Å². The van der Waals surface area contributed by atoms with Crippen LogP contribution in [0.1, 0.15) is 0 Å². The molecule has 0 bridgehead atoms. The number of hydrogen-bond acceptors (Lipinski definition) is 0. The van der Waals surface area contributed by atoms with Crippen LogP contribution in [0.25, 0.3) is 0 Å². The van der Waals surface area contributed by atoms with Gasteiger partial charge in [-0.15, -0.1) is 0 Å². The maximum atomic E-state index is 2.76. The lowest BCUT2D eigenvalue weighted by atomic mass is 11.9. The minimum Gasteiger partial charge on any atom is -0.0759 e. The molecule has 1 aliphatic rings. The second kappa shape index (κ2) is 6.26. The minimum absolute atomic E-state index is 0.169. The normalized spacial score (nSPS) is 28.5. The zero-order valence-corrected chi connectivity index (χ0v) is 20.0. The first-order chi connectivity index (χ1) is 7.29. The highest BCUT2D eigenvalue weighted by Gasteiger charge is 2.43. The summed E-state index contributed by atoms with van der Waals surface area (Å²) in [6.45, 7) is 22.1. The standard InChI is InChI=1S/C8H24Si8/c1-9-10(2)12(4)14(6)16(8)15(7)13(5)11(9)3/h1-8H3.